The maximum absolute atomic E-state index is 13.6. The van der Waals surface area contributed by atoms with Gasteiger partial charge in [0.1, 0.15) is 0 Å². The Hall–Kier alpha value is -3.88. The monoisotopic (exact) mass is 654 g/mol. The van der Waals surface area contributed by atoms with E-state index in [9.17, 15) is 45.1 Å². The fourth-order valence-corrected chi connectivity index (χ4v) is 6.06. The third kappa shape index (κ3) is 8.05. The largest absolute Gasteiger partial charge is 0.416 e. The Balaban J connectivity index is 1.53. The molecule has 0 saturated carbocycles. The van der Waals surface area contributed by atoms with Gasteiger partial charge in [-0.2, -0.15) is 22.0 Å². The second kappa shape index (κ2) is 14.0. The molecule has 0 radical (unpaired) electrons. The average Bonchev–Trinajstić information content (AvgIpc) is 3.02. The number of hydrogen-bond acceptors (Lipinski definition) is 6. The van der Waals surface area contributed by atoms with E-state index < -0.39 is 71.2 Å². The van der Waals surface area contributed by atoms with Crippen LogP contribution in [0.3, 0.4) is 0 Å². The van der Waals surface area contributed by atoms with Crippen LogP contribution in [0.1, 0.15) is 58.8 Å². The van der Waals surface area contributed by atoms with Gasteiger partial charge in [0.15, 0.2) is 9.84 Å². The highest BCUT2D eigenvalue weighted by Crippen LogP contribution is 2.37. The Kier molecular flexibility index (Phi) is 10.6. The highest BCUT2D eigenvalue weighted by Gasteiger charge is 2.38. The van der Waals surface area contributed by atoms with Gasteiger partial charge in [-0.3, -0.25) is 9.59 Å². The third-order valence-corrected chi connectivity index (χ3v) is 9.41. The smallest absolute Gasteiger partial charge is 0.394 e. The van der Waals surface area contributed by atoms with Gasteiger partial charge in [0.05, 0.1) is 47.4 Å². The second-order valence-corrected chi connectivity index (χ2v) is 12.7. The number of carbonyl (C=O) groups excluding carboxylic acids is 2. The molecule has 1 heterocycles. The first-order chi connectivity index (χ1) is 21.2. The van der Waals surface area contributed by atoms with Gasteiger partial charge in [-0.15, -0.1) is 0 Å². The third-order valence-electron chi connectivity index (χ3n) is 7.66. The van der Waals surface area contributed by atoms with E-state index in [0.29, 0.717) is 11.1 Å². The molecule has 2 N–H and O–H groups in total. The molecule has 1 aliphatic heterocycles. The number of sulfone groups is 1. The number of anilines is 1. The van der Waals surface area contributed by atoms with E-state index in [1.54, 1.807) is 0 Å². The molecule has 2 amide bonds. The average molecular weight is 655 g/mol. The highest BCUT2D eigenvalue weighted by molar-refractivity contribution is 7.91. The number of aliphatic hydroxyl groups excluding tert-OH is 1. The van der Waals surface area contributed by atoms with Crippen molar-refractivity contribution in [3.63, 3.8) is 0 Å². The quantitative estimate of drug-likeness (QED) is 0.265. The number of amides is 2. The maximum atomic E-state index is 13.6. The van der Waals surface area contributed by atoms with Gasteiger partial charge in [0, 0.05) is 11.3 Å². The predicted octanol–water partition coefficient (Wildman–Crippen LogP) is 5.48. The first-order valence-corrected chi connectivity index (χ1v) is 15.6. The molecule has 0 aromatic heterocycles. The van der Waals surface area contributed by atoms with Crippen LogP contribution in [-0.4, -0.2) is 57.0 Å². The number of halogens is 5. The van der Waals surface area contributed by atoms with E-state index in [1.807, 2.05) is 0 Å². The first kappa shape index (κ1) is 34.0. The highest BCUT2D eigenvalue weighted by atomic mass is 32.2. The van der Waals surface area contributed by atoms with E-state index in [2.05, 4.69) is 10.1 Å². The molecule has 8 nitrogen and oxygen atoms in total. The van der Waals surface area contributed by atoms with Gasteiger partial charge < -0.3 is 20.1 Å². The van der Waals surface area contributed by atoms with Crippen molar-refractivity contribution in [1.29, 1.82) is 0 Å². The van der Waals surface area contributed by atoms with Crippen LogP contribution in [-0.2, 0) is 25.5 Å². The number of piperidine rings is 1. The van der Waals surface area contributed by atoms with Crippen LogP contribution >= 0.6 is 0 Å². The molecule has 1 saturated heterocycles. The summed E-state index contributed by atoms with van der Waals surface area (Å²) in [6, 6.07) is 14.0. The minimum atomic E-state index is -4.55. The van der Waals surface area contributed by atoms with Crippen molar-refractivity contribution in [2.24, 2.45) is 0 Å². The molecule has 1 aliphatic rings. The van der Waals surface area contributed by atoms with Crippen molar-refractivity contribution >= 4 is 27.3 Å². The summed E-state index contributed by atoms with van der Waals surface area (Å²) in [4.78, 5) is 28.0. The molecule has 0 aliphatic carbocycles. The molecule has 14 heteroatoms. The Bertz CT molecular complexity index is 1580. The topological polar surface area (TPSA) is 113 Å². The summed E-state index contributed by atoms with van der Waals surface area (Å²) in [6.45, 7) is -2.53. The number of ether oxygens (including phenoxy) is 1. The summed E-state index contributed by atoms with van der Waals surface area (Å²) in [5.41, 5.74) is 0.354. The van der Waals surface area contributed by atoms with E-state index >= 15 is 0 Å². The summed E-state index contributed by atoms with van der Waals surface area (Å²) < 4.78 is 93.5. The number of nitrogens with one attached hydrogen (secondary N) is 1. The van der Waals surface area contributed by atoms with Crippen molar-refractivity contribution in [1.82, 2.24) is 5.32 Å². The van der Waals surface area contributed by atoms with Crippen molar-refractivity contribution in [3.05, 3.63) is 95.1 Å². The van der Waals surface area contributed by atoms with Crippen LogP contribution in [0.5, 0.6) is 0 Å². The van der Waals surface area contributed by atoms with E-state index in [-0.39, 0.29) is 34.7 Å². The summed E-state index contributed by atoms with van der Waals surface area (Å²) in [5.74, 6) is -2.02. The standard InChI is InChI=1S/C31H31F5N2O6S/c1-2-45(42,43)25-14-7-20(8-15-25)27(17-39)37-28(40)21-5-11-23(12-6-21)38-24(18-44-30(32)33)13-16-26(29(38)41)19-3-9-22(10-4-19)31(34,35)36/h3-12,14-15,24,26-27,30,39H,2,13,16-18H2,1H3,(H,37,40)/t24?,26-,27-/m0/s1. The molecule has 0 bridgehead atoms. The van der Waals surface area contributed by atoms with Crippen LogP contribution in [0.2, 0.25) is 0 Å². The molecule has 4 rings (SSSR count). The van der Waals surface area contributed by atoms with Gasteiger partial charge in [0.25, 0.3) is 5.91 Å². The van der Waals surface area contributed by atoms with Crippen molar-refractivity contribution < 1.29 is 49.8 Å². The summed E-state index contributed by atoms with van der Waals surface area (Å²) in [7, 11) is -3.43. The SMILES string of the molecule is CCS(=O)(=O)c1ccc([C@H](CO)NC(=O)c2ccc(N3C(=O)[C@H](c4ccc(C(F)(F)F)cc4)CCC3COC(F)F)cc2)cc1. The fraction of sp³-hybridized carbons (Fsp3) is 0.355. The fourth-order valence-electron chi connectivity index (χ4n) is 5.18. The lowest BCUT2D eigenvalue weighted by molar-refractivity contribution is -0.138. The van der Waals surface area contributed by atoms with Crippen LogP contribution < -0.4 is 10.2 Å². The van der Waals surface area contributed by atoms with E-state index in [4.69, 9.17) is 0 Å². The van der Waals surface area contributed by atoms with Gasteiger partial charge >= 0.3 is 12.8 Å². The predicted molar refractivity (Wildman–Crippen MR) is 155 cm³/mol. The molecule has 0 spiro atoms. The molecular formula is C31H31F5N2O6S. The zero-order valence-corrected chi connectivity index (χ0v) is 24.8. The number of benzene rings is 3. The molecule has 1 fully saturated rings. The molecule has 3 aromatic carbocycles. The van der Waals surface area contributed by atoms with Crippen LogP contribution in [0.15, 0.2) is 77.7 Å². The lowest BCUT2D eigenvalue weighted by atomic mass is 9.86. The van der Waals surface area contributed by atoms with Crippen LogP contribution in [0, 0.1) is 0 Å². The van der Waals surface area contributed by atoms with Crippen molar-refractivity contribution in [2.75, 3.05) is 23.9 Å². The minimum absolute atomic E-state index is 0.0821. The molecule has 3 aromatic rings. The minimum Gasteiger partial charge on any atom is -0.394 e. The Morgan fingerprint density at radius 1 is 1.00 bits per heavy atom. The lowest BCUT2D eigenvalue weighted by Crippen LogP contribution is -2.49. The maximum Gasteiger partial charge on any atom is 0.416 e. The van der Waals surface area contributed by atoms with Gasteiger partial charge in [-0.25, -0.2) is 8.42 Å². The number of carbonyl (C=O) groups is 2. The Morgan fingerprint density at radius 3 is 2.16 bits per heavy atom. The van der Waals surface area contributed by atoms with E-state index in [0.717, 1.165) is 12.1 Å². The number of rotatable bonds is 11. The second-order valence-electron chi connectivity index (χ2n) is 10.4. The zero-order chi connectivity index (χ0) is 32.9. The summed E-state index contributed by atoms with van der Waals surface area (Å²) >= 11 is 0. The molecular weight excluding hydrogens is 623 g/mol. The van der Waals surface area contributed by atoms with Crippen molar-refractivity contribution in [3.8, 4) is 0 Å². The Morgan fingerprint density at radius 2 is 1.62 bits per heavy atom. The molecule has 242 valence electrons. The summed E-state index contributed by atoms with van der Waals surface area (Å²) in [5, 5.41) is 12.6. The molecule has 3 atom stereocenters. The van der Waals surface area contributed by atoms with E-state index in [1.165, 1.54) is 72.5 Å². The lowest BCUT2D eigenvalue weighted by Gasteiger charge is -2.39. The first-order valence-electron chi connectivity index (χ1n) is 14.0. The summed E-state index contributed by atoms with van der Waals surface area (Å²) in [6.07, 6.45) is -4.12. The number of aliphatic hydroxyl groups is 1. The normalized spacial score (nSPS) is 18.2. The van der Waals surface area contributed by atoms with Crippen molar-refractivity contribution in [2.45, 2.75) is 55.5 Å². The van der Waals surface area contributed by atoms with Gasteiger partial charge in [-0.05, 0) is 72.5 Å². The van der Waals surface area contributed by atoms with Gasteiger partial charge in [-0.1, -0.05) is 31.2 Å². The van der Waals surface area contributed by atoms with Crippen LogP contribution in [0.25, 0.3) is 0 Å². The molecule has 1 unspecified atom stereocenters. The zero-order valence-electron chi connectivity index (χ0n) is 24.0. The number of hydrogen-bond donors (Lipinski definition) is 2. The number of alkyl halides is 5. The Labute approximate surface area is 256 Å². The van der Waals surface area contributed by atoms with Gasteiger partial charge in [0.2, 0.25) is 5.91 Å². The van der Waals surface area contributed by atoms with Crippen LogP contribution in [0.4, 0.5) is 27.6 Å². The number of nitrogens with zero attached hydrogens (tertiary/aromatic N) is 1. The molecule has 45 heavy (non-hydrogen) atoms.